The van der Waals surface area contributed by atoms with Crippen LogP contribution in [0, 0.1) is 0 Å². The van der Waals surface area contributed by atoms with Crippen LogP contribution in [0.5, 0.6) is 0 Å². The number of carbonyl (C=O) groups excluding carboxylic acids is 3. The van der Waals surface area contributed by atoms with E-state index in [1.165, 1.54) is 0 Å². The van der Waals surface area contributed by atoms with E-state index >= 15 is 0 Å². The highest BCUT2D eigenvalue weighted by atomic mass is 79.9. The lowest BCUT2D eigenvalue weighted by molar-refractivity contribution is -0.135. The number of amides is 3. The highest BCUT2D eigenvalue weighted by Gasteiger charge is 2.37. The summed E-state index contributed by atoms with van der Waals surface area (Å²) in [4.78, 5) is 39.7. The summed E-state index contributed by atoms with van der Waals surface area (Å²) in [6.07, 6.45) is 3.64. The van der Waals surface area contributed by atoms with Crippen LogP contribution in [0.1, 0.15) is 18.4 Å². The molecule has 3 rings (SSSR count). The lowest BCUT2D eigenvalue weighted by atomic mass is 10.2. The molecule has 3 amide bonds. The van der Waals surface area contributed by atoms with E-state index in [4.69, 9.17) is 0 Å². The predicted molar refractivity (Wildman–Crippen MR) is 92.6 cm³/mol. The molecule has 1 aromatic rings. The number of likely N-dealkylation sites (tertiary alicyclic amines) is 1. The van der Waals surface area contributed by atoms with Crippen molar-refractivity contribution >= 4 is 50.8 Å². The van der Waals surface area contributed by atoms with Crippen LogP contribution in [0.3, 0.4) is 0 Å². The third kappa shape index (κ3) is 3.67. The van der Waals surface area contributed by atoms with Gasteiger partial charge in [0, 0.05) is 17.6 Å². The van der Waals surface area contributed by atoms with Crippen LogP contribution < -0.4 is 0 Å². The van der Waals surface area contributed by atoms with Gasteiger partial charge in [-0.15, -0.1) is 0 Å². The topological polar surface area (TPSA) is 57.7 Å². The third-order valence-electron chi connectivity index (χ3n) is 3.77. The number of hydrogen-bond acceptors (Lipinski definition) is 4. The van der Waals surface area contributed by atoms with E-state index in [2.05, 4.69) is 15.9 Å². The molecule has 0 unspecified atom stereocenters. The molecule has 1 aromatic carbocycles. The minimum atomic E-state index is -0.396. The number of hydrogen-bond donors (Lipinski definition) is 0. The smallest absolute Gasteiger partial charge is 0.294 e. The number of carbonyl (C=O) groups is 3. The summed E-state index contributed by atoms with van der Waals surface area (Å²) in [5, 5.41) is -0.385. The Morgan fingerprint density at radius 2 is 2.00 bits per heavy atom. The van der Waals surface area contributed by atoms with E-state index in [9.17, 15) is 14.4 Å². The van der Waals surface area contributed by atoms with Gasteiger partial charge in [-0.25, -0.2) is 0 Å². The molecule has 0 spiro atoms. The van der Waals surface area contributed by atoms with E-state index in [1.54, 1.807) is 11.0 Å². The second-order valence-corrected chi connectivity index (χ2v) is 7.32. The molecule has 0 bridgehead atoms. The molecule has 0 N–H and O–H groups in total. The van der Waals surface area contributed by atoms with Crippen LogP contribution in [0.25, 0.3) is 6.08 Å². The summed E-state index contributed by atoms with van der Waals surface area (Å²) in [5.74, 6) is -0.555. The zero-order valence-corrected chi connectivity index (χ0v) is 14.7. The zero-order valence-electron chi connectivity index (χ0n) is 12.3. The molecule has 7 heteroatoms. The molecule has 2 aliphatic heterocycles. The number of halogens is 1. The summed E-state index contributed by atoms with van der Waals surface area (Å²) in [7, 11) is 0. The number of benzene rings is 1. The van der Waals surface area contributed by atoms with Crippen molar-refractivity contribution in [2.75, 3.05) is 19.6 Å². The fourth-order valence-corrected chi connectivity index (χ4v) is 3.84. The van der Waals surface area contributed by atoms with Crippen molar-refractivity contribution in [3.8, 4) is 0 Å². The summed E-state index contributed by atoms with van der Waals surface area (Å²) < 4.78 is 0.898. The molecule has 5 nitrogen and oxygen atoms in total. The fourth-order valence-electron chi connectivity index (χ4n) is 2.59. The van der Waals surface area contributed by atoms with Gasteiger partial charge in [-0.1, -0.05) is 28.1 Å². The first-order chi connectivity index (χ1) is 11.0. The predicted octanol–water partition coefficient (Wildman–Crippen LogP) is 3.11. The van der Waals surface area contributed by atoms with Crippen molar-refractivity contribution in [2.45, 2.75) is 12.8 Å². The summed E-state index contributed by atoms with van der Waals surface area (Å²) in [6, 6.07) is 7.46. The molecule has 0 aliphatic carbocycles. The van der Waals surface area contributed by atoms with Crippen molar-refractivity contribution < 1.29 is 14.4 Å². The van der Waals surface area contributed by atoms with Gasteiger partial charge in [0.25, 0.3) is 11.1 Å². The first-order valence-electron chi connectivity index (χ1n) is 7.33. The molecule has 2 saturated heterocycles. The summed E-state index contributed by atoms with van der Waals surface area (Å²) >= 11 is 4.25. The normalized spacial score (nSPS) is 20.0. The number of thioether (sulfide) groups is 1. The van der Waals surface area contributed by atoms with Crippen LogP contribution in [0.4, 0.5) is 4.79 Å². The van der Waals surface area contributed by atoms with E-state index in [-0.39, 0.29) is 17.7 Å². The van der Waals surface area contributed by atoms with Crippen molar-refractivity contribution in [3.05, 3.63) is 39.2 Å². The standard InChI is InChI=1S/C16H15BrN2O3S/c17-12-5-3-4-11(8-12)9-13-15(21)19(16(22)23-13)10-14(20)18-6-1-2-7-18/h3-5,8-9H,1-2,6-7,10H2/b13-9+. The Labute approximate surface area is 146 Å². The second-order valence-electron chi connectivity index (χ2n) is 5.41. The average Bonchev–Trinajstić information content (AvgIpc) is 3.12. The monoisotopic (exact) mass is 394 g/mol. The first kappa shape index (κ1) is 16.3. The van der Waals surface area contributed by atoms with Crippen LogP contribution in [-0.4, -0.2) is 46.5 Å². The van der Waals surface area contributed by atoms with Crippen LogP contribution in [-0.2, 0) is 9.59 Å². The molecule has 120 valence electrons. The van der Waals surface area contributed by atoms with Crippen molar-refractivity contribution in [2.24, 2.45) is 0 Å². The zero-order chi connectivity index (χ0) is 16.4. The Morgan fingerprint density at radius 3 is 2.70 bits per heavy atom. The minimum absolute atomic E-state index is 0.159. The van der Waals surface area contributed by atoms with Crippen LogP contribution in [0.2, 0.25) is 0 Å². The maximum atomic E-state index is 12.4. The first-order valence-corrected chi connectivity index (χ1v) is 8.94. The molecule has 2 heterocycles. The Balaban J connectivity index is 1.73. The van der Waals surface area contributed by atoms with Gasteiger partial charge in [0.15, 0.2) is 0 Å². The third-order valence-corrected chi connectivity index (χ3v) is 5.17. The Morgan fingerprint density at radius 1 is 1.26 bits per heavy atom. The second kappa shape index (κ2) is 6.88. The minimum Gasteiger partial charge on any atom is -0.341 e. The highest BCUT2D eigenvalue weighted by molar-refractivity contribution is 9.10. The number of imide groups is 1. The maximum absolute atomic E-state index is 12.4. The lowest BCUT2D eigenvalue weighted by Crippen LogP contribution is -2.40. The van der Waals surface area contributed by atoms with Gasteiger partial charge in [-0.2, -0.15) is 0 Å². The molecule has 23 heavy (non-hydrogen) atoms. The quantitative estimate of drug-likeness (QED) is 0.739. The molecule has 0 aromatic heterocycles. The fraction of sp³-hybridized carbons (Fsp3) is 0.312. The molecular formula is C16H15BrN2O3S. The van der Waals surface area contributed by atoms with E-state index in [1.807, 2.05) is 24.3 Å². The van der Waals surface area contributed by atoms with Gasteiger partial charge in [-0.05, 0) is 48.4 Å². The average molecular weight is 395 g/mol. The molecule has 0 saturated carbocycles. The summed E-state index contributed by atoms with van der Waals surface area (Å²) in [6.45, 7) is 1.26. The van der Waals surface area contributed by atoms with Gasteiger partial charge >= 0.3 is 0 Å². The van der Waals surface area contributed by atoms with Crippen LogP contribution >= 0.6 is 27.7 Å². The maximum Gasteiger partial charge on any atom is 0.294 e. The van der Waals surface area contributed by atoms with Crippen molar-refractivity contribution in [1.82, 2.24) is 9.80 Å². The number of rotatable bonds is 3. The molecular weight excluding hydrogens is 380 g/mol. The van der Waals surface area contributed by atoms with Gasteiger partial charge < -0.3 is 4.90 Å². The van der Waals surface area contributed by atoms with E-state index in [0.717, 1.165) is 39.5 Å². The van der Waals surface area contributed by atoms with Crippen molar-refractivity contribution in [1.29, 1.82) is 0 Å². The Bertz CT molecular complexity index is 698. The molecule has 2 fully saturated rings. The SMILES string of the molecule is O=C(CN1C(=O)S/C(=C/c2cccc(Br)c2)C1=O)N1CCCC1. The number of nitrogens with zero attached hydrogens (tertiary/aromatic N) is 2. The van der Waals surface area contributed by atoms with Crippen LogP contribution in [0.15, 0.2) is 33.6 Å². The van der Waals surface area contributed by atoms with Gasteiger partial charge in [0.05, 0.1) is 4.91 Å². The highest BCUT2D eigenvalue weighted by Crippen LogP contribution is 2.32. The molecule has 2 aliphatic rings. The van der Waals surface area contributed by atoms with E-state index in [0.29, 0.717) is 18.0 Å². The summed E-state index contributed by atoms with van der Waals surface area (Å²) in [5.41, 5.74) is 0.829. The van der Waals surface area contributed by atoms with Gasteiger partial charge in [0.1, 0.15) is 6.54 Å². The lowest BCUT2D eigenvalue weighted by Gasteiger charge is -2.18. The largest absolute Gasteiger partial charge is 0.341 e. The van der Waals surface area contributed by atoms with Gasteiger partial charge in [-0.3, -0.25) is 19.3 Å². The van der Waals surface area contributed by atoms with Gasteiger partial charge in [0.2, 0.25) is 5.91 Å². The van der Waals surface area contributed by atoms with E-state index < -0.39 is 5.91 Å². The Kier molecular flexibility index (Phi) is 4.87. The Hall–Kier alpha value is -1.60. The molecule has 0 atom stereocenters. The molecule has 0 radical (unpaired) electrons. The van der Waals surface area contributed by atoms with Crippen molar-refractivity contribution in [3.63, 3.8) is 0 Å².